The molecule has 0 radical (unpaired) electrons. The van der Waals surface area contributed by atoms with Crippen molar-refractivity contribution >= 4 is 46.8 Å². The molecule has 308 valence electrons. The monoisotopic (exact) mass is 794 g/mol. The lowest BCUT2D eigenvalue weighted by atomic mass is 10.2. The minimum absolute atomic E-state index is 0. The first-order valence-electron chi connectivity index (χ1n) is 19.4. The smallest absolute Gasteiger partial charge is 0.414 e. The fraction of sp³-hybridized carbons (Fsp3) is 0.463. The van der Waals surface area contributed by atoms with Gasteiger partial charge in [0, 0.05) is 53.8 Å². The van der Waals surface area contributed by atoms with E-state index in [4.69, 9.17) is 19.3 Å². The predicted octanol–water partition coefficient (Wildman–Crippen LogP) is 4.87. The lowest BCUT2D eigenvalue weighted by Crippen LogP contribution is -2.50. The molecule has 0 aliphatic carbocycles. The van der Waals surface area contributed by atoms with E-state index in [1.165, 1.54) is 21.9 Å². The summed E-state index contributed by atoms with van der Waals surface area (Å²) in [5, 5.41) is 8.90. The summed E-state index contributed by atoms with van der Waals surface area (Å²) in [6.07, 6.45) is 0.239. The van der Waals surface area contributed by atoms with Gasteiger partial charge in [0.05, 0.1) is 42.4 Å². The molecule has 57 heavy (non-hydrogen) atoms. The van der Waals surface area contributed by atoms with Crippen LogP contribution in [0.5, 0.6) is 0 Å². The van der Waals surface area contributed by atoms with E-state index in [1.54, 1.807) is 34.1 Å². The number of carbonyl (C=O) groups is 4. The molecule has 0 spiro atoms. The topological polar surface area (TPSA) is 136 Å². The molecule has 16 heteroatoms. The van der Waals surface area contributed by atoms with Crippen LogP contribution in [0, 0.1) is 11.6 Å². The molecule has 4 heterocycles. The molecule has 1 N–H and O–H groups in total. The average Bonchev–Trinajstić information content (AvgIpc) is 3.82. The highest BCUT2D eigenvalue weighted by Gasteiger charge is 2.33. The normalized spacial score (nSPS) is 19.7. The largest absolute Gasteiger partial charge is 0.444 e. The molecular formula is C41H52F2N6O8. The first-order chi connectivity index (χ1) is 27.6. The molecule has 4 amide bonds. The number of cyclic esters (lactones) is 2. The Labute approximate surface area is 332 Å². The second-order valence-electron chi connectivity index (χ2n) is 14.2. The molecule has 0 unspecified atom stereocenters. The molecule has 7 rings (SSSR count). The third-order valence-corrected chi connectivity index (χ3v) is 10.6. The van der Waals surface area contributed by atoms with Gasteiger partial charge < -0.3 is 38.9 Å². The molecular weight excluding hydrogens is 742 g/mol. The number of aliphatic hydroxyl groups is 1. The summed E-state index contributed by atoms with van der Waals surface area (Å²) in [7, 11) is 0. The van der Waals surface area contributed by atoms with Crippen molar-refractivity contribution in [2.75, 3.05) is 98.3 Å². The van der Waals surface area contributed by atoms with Crippen molar-refractivity contribution in [3.05, 3.63) is 83.9 Å². The highest BCUT2D eigenvalue weighted by Crippen LogP contribution is 2.30. The molecule has 4 aliphatic heterocycles. The molecule has 0 bridgehead atoms. The zero-order valence-electron chi connectivity index (χ0n) is 32.4. The molecule has 3 aromatic carbocycles. The Kier molecular flexibility index (Phi) is 13.8. The maximum absolute atomic E-state index is 14.9. The van der Waals surface area contributed by atoms with E-state index in [0.29, 0.717) is 94.8 Å². The Morgan fingerprint density at radius 3 is 1.56 bits per heavy atom. The molecule has 0 saturated carbocycles. The number of ether oxygens (including phenoxy) is 3. The Balaban J connectivity index is 0.000000224. The quantitative estimate of drug-likeness (QED) is 0.287. The van der Waals surface area contributed by atoms with E-state index in [9.17, 15) is 28.0 Å². The zero-order valence-corrected chi connectivity index (χ0v) is 32.4. The van der Waals surface area contributed by atoms with Crippen LogP contribution in [0.3, 0.4) is 0 Å². The zero-order chi connectivity index (χ0) is 40.5. The fourth-order valence-electron chi connectivity index (χ4n) is 7.15. The lowest BCUT2D eigenvalue weighted by molar-refractivity contribution is -0.137. The van der Waals surface area contributed by atoms with E-state index < -0.39 is 24.6 Å². The number of carbonyl (C=O) groups excluding carboxylic acids is 4. The molecule has 4 aliphatic rings. The Bertz CT molecular complexity index is 1880. The van der Waals surface area contributed by atoms with Crippen molar-refractivity contribution in [3.8, 4) is 0 Å². The van der Waals surface area contributed by atoms with Crippen LogP contribution in [0.1, 0.15) is 33.7 Å². The molecule has 3 aromatic rings. The van der Waals surface area contributed by atoms with Gasteiger partial charge in [-0.25, -0.2) is 18.4 Å². The van der Waals surface area contributed by atoms with Gasteiger partial charge in [-0.1, -0.05) is 44.2 Å². The summed E-state index contributed by atoms with van der Waals surface area (Å²) in [5.74, 6) is -1.17. The molecule has 0 aromatic heterocycles. The van der Waals surface area contributed by atoms with Gasteiger partial charge in [-0.3, -0.25) is 19.4 Å². The van der Waals surface area contributed by atoms with Crippen LogP contribution in [0.15, 0.2) is 66.7 Å². The van der Waals surface area contributed by atoms with Gasteiger partial charge in [0.1, 0.15) is 37.1 Å². The van der Waals surface area contributed by atoms with Crippen molar-refractivity contribution in [2.24, 2.45) is 0 Å². The maximum atomic E-state index is 14.9. The van der Waals surface area contributed by atoms with E-state index in [1.807, 2.05) is 54.0 Å². The van der Waals surface area contributed by atoms with Crippen molar-refractivity contribution in [1.82, 2.24) is 9.80 Å². The second-order valence-corrected chi connectivity index (χ2v) is 14.2. The van der Waals surface area contributed by atoms with Crippen molar-refractivity contribution in [1.29, 1.82) is 0 Å². The van der Waals surface area contributed by atoms with Gasteiger partial charge in [0.2, 0.25) is 11.8 Å². The third kappa shape index (κ3) is 10.1. The first-order valence-corrected chi connectivity index (χ1v) is 19.4. The van der Waals surface area contributed by atoms with Crippen LogP contribution in [0.2, 0.25) is 0 Å². The van der Waals surface area contributed by atoms with Gasteiger partial charge in [0.25, 0.3) is 0 Å². The highest BCUT2D eigenvalue weighted by atomic mass is 19.1. The molecule has 2 atom stereocenters. The van der Waals surface area contributed by atoms with Gasteiger partial charge in [-0.2, -0.15) is 0 Å². The van der Waals surface area contributed by atoms with Crippen molar-refractivity contribution in [3.63, 3.8) is 0 Å². The molecule has 4 fully saturated rings. The van der Waals surface area contributed by atoms with Gasteiger partial charge in [-0.05, 0) is 54.8 Å². The van der Waals surface area contributed by atoms with Crippen molar-refractivity contribution < 1.29 is 48.7 Å². The summed E-state index contributed by atoms with van der Waals surface area (Å²) in [6.45, 7) is 8.61. The van der Waals surface area contributed by atoms with Crippen LogP contribution < -0.4 is 19.6 Å². The van der Waals surface area contributed by atoms with Gasteiger partial charge in [-0.15, -0.1) is 0 Å². The fourth-order valence-corrected chi connectivity index (χ4v) is 7.15. The SMILES string of the molecule is CC[C@H]1CN(c2ccc(N3CCN(C(=O)CO)CC3)c(F)c2)C(=O)O1.CC[C@H]1CN(c2ccc(N3CCN(C(=O)COCc4ccccc4)CC3)c(F)c2)C(=O)O1.[HH]. The van der Waals surface area contributed by atoms with Gasteiger partial charge in [0.15, 0.2) is 0 Å². The van der Waals surface area contributed by atoms with E-state index in [-0.39, 0.29) is 37.9 Å². The summed E-state index contributed by atoms with van der Waals surface area (Å²) in [5.41, 5.74) is 2.92. The number of rotatable bonds is 11. The first kappa shape index (κ1) is 41.2. The van der Waals surface area contributed by atoms with E-state index in [0.717, 1.165) is 18.4 Å². The van der Waals surface area contributed by atoms with Crippen LogP contribution in [-0.4, -0.2) is 130 Å². The minimum atomic E-state index is -0.506. The summed E-state index contributed by atoms with van der Waals surface area (Å²) in [4.78, 5) is 57.8. The number of hydrogen-bond acceptors (Lipinski definition) is 10. The summed E-state index contributed by atoms with van der Waals surface area (Å²) >= 11 is 0. The summed E-state index contributed by atoms with van der Waals surface area (Å²) < 4.78 is 45.4. The number of nitrogens with zero attached hydrogens (tertiary/aromatic N) is 6. The average molecular weight is 795 g/mol. The third-order valence-electron chi connectivity index (χ3n) is 10.6. The number of hydrogen-bond donors (Lipinski definition) is 1. The Hall–Kier alpha value is -5.48. The van der Waals surface area contributed by atoms with E-state index in [2.05, 4.69) is 0 Å². The van der Waals surface area contributed by atoms with Crippen LogP contribution in [-0.2, 0) is 30.4 Å². The van der Waals surface area contributed by atoms with Crippen LogP contribution in [0.4, 0.5) is 41.1 Å². The highest BCUT2D eigenvalue weighted by molar-refractivity contribution is 5.90. The Morgan fingerprint density at radius 1 is 0.702 bits per heavy atom. The number of aliphatic hydroxyl groups excluding tert-OH is 1. The predicted molar refractivity (Wildman–Crippen MR) is 211 cm³/mol. The summed E-state index contributed by atoms with van der Waals surface area (Å²) in [6, 6.07) is 19.2. The van der Waals surface area contributed by atoms with Crippen LogP contribution >= 0.6 is 0 Å². The van der Waals surface area contributed by atoms with Gasteiger partial charge >= 0.3 is 12.2 Å². The number of benzene rings is 3. The number of piperazine rings is 2. The minimum Gasteiger partial charge on any atom is -0.444 e. The molecule has 14 nitrogen and oxygen atoms in total. The second kappa shape index (κ2) is 19.1. The molecule has 4 saturated heterocycles. The number of anilines is 4. The number of halogens is 2. The standard InChI is InChI=1S/C24H28FN3O4.C17H22FN3O4.H2/c1-2-20-15-28(24(30)32-20)19-8-9-22(21(25)14-19)26-10-12-27(13-11-26)23(29)17-31-16-18-6-4-3-5-7-18;1-2-13-10-21(17(24)25-13)12-3-4-15(14(18)9-12)19-5-7-20(8-6-19)16(23)11-22;/h3-9,14,20H,2,10-13,15-17H2,1H3;3-4,9,13,22H,2,5-8,10-11H2,1H3;1H/t20-;13-;/m00./s1. The van der Waals surface area contributed by atoms with Crippen LogP contribution in [0.25, 0.3) is 0 Å². The van der Waals surface area contributed by atoms with E-state index >= 15 is 0 Å². The van der Waals surface area contributed by atoms with Crippen molar-refractivity contribution in [2.45, 2.75) is 45.5 Å². The lowest BCUT2D eigenvalue weighted by Gasteiger charge is -2.36. The number of amides is 4. The Morgan fingerprint density at radius 2 is 1.16 bits per heavy atom. The maximum Gasteiger partial charge on any atom is 0.414 e.